The van der Waals surface area contributed by atoms with Gasteiger partial charge in [-0.15, -0.1) is 0 Å². The van der Waals surface area contributed by atoms with Crippen molar-refractivity contribution in [1.82, 2.24) is 20.0 Å². The molecule has 2 atom stereocenters. The van der Waals surface area contributed by atoms with Gasteiger partial charge in [0.1, 0.15) is 11.9 Å². The van der Waals surface area contributed by atoms with E-state index in [2.05, 4.69) is 27.2 Å². The first-order valence-electron chi connectivity index (χ1n) is 9.42. The zero-order valence-corrected chi connectivity index (χ0v) is 16.0. The van der Waals surface area contributed by atoms with Crippen LogP contribution in [0.3, 0.4) is 0 Å². The molecule has 2 N–H and O–H groups in total. The van der Waals surface area contributed by atoms with Crippen molar-refractivity contribution in [3.05, 3.63) is 47.4 Å². The Morgan fingerprint density at radius 1 is 1.29 bits per heavy atom. The molecular formula is C20H19FN6S. The lowest BCUT2D eigenvalue weighted by Gasteiger charge is -2.25. The first kappa shape index (κ1) is 17.3. The van der Waals surface area contributed by atoms with Crippen molar-refractivity contribution in [2.24, 2.45) is 9.98 Å². The second-order valence-corrected chi connectivity index (χ2v) is 7.76. The van der Waals surface area contributed by atoms with Gasteiger partial charge in [0, 0.05) is 42.4 Å². The smallest absolute Gasteiger partial charge is 0.218 e. The Balaban J connectivity index is 1.51. The summed E-state index contributed by atoms with van der Waals surface area (Å²) in [7, 11) is 0. The molecule has 6 nitrogen and oxygen atoms in total. The highest BCUT2D eigenvalue weighted by molar-refractivity contribution is 7.14. The summed E-state index contributed by atoms with van der Waals surface area (Å²) in [4.78, 5) is 14.9. The van der Waals surface area contributed by atoms with E-state index in [0.29, 0.717) is 18.4 Å². The van der Waals surface area contributed by atoms with Crippen LogP contribution in [0.1, 0.15) is 31.0 Å². The zero-order chi connectivity index (χ0) is 18.9. The molecule has 3 aromatic rings. The number of halogens is 1. The molecule has 2 aliphatic heterocycles. The third kappa shape index (κ3) is 3.28. The monoisotopic (exact) mass is 394 g/mol. The molecule has 4 heterocycles. The maximum absolute atomic E-state index is 13.4. The third-order valence-corrected chi connectivity index (χ3v) is 5.72. The lowest BCUT2D eigenvalue weighted by molar-refractivity contribution is 0.429. The highest BCUT2D eigenvalue weighted by atomic mass is 32.1. The number of nitrogens with zero attached hydrogens (tertiary/aromatic N) is 4. The van der Waals surface area contributed by atoms with Gasteiger partial charge >= 0.3 is 0 Å². The van der Waals surface area contributed by atoms with Crippen LogP contribution in [0.4, 0.5) is 4.39 Å². The summed E-state index contributed by atoms with van der Waals surface area (Å²) in [6, 6.07) is 6.62. The number of aromatic nitrogens is 2. The van der Waals surface area contributed by atoms with Gasteiger partial charge in [0.2, 0.25) is 10.9 Å². The third-order valence-electron chi connectivity index (χ3n) is 5.07. The van der Waals surface area contributed by atoms with Crippen LogP contribution in [-0.4, -0.2) is 40.7 Å². The van der Waals surface area contributed by atoms with Gasteiger partial charge in [-0.2, -0.15) is 0 Å². The Hall–Kier alpha value is -2.76. The first-order valence-corrected chi connectivity index (χ1v) is 10.2. The number of nitrogens with one attached hydrogen (secondary N) is 2. The second-order valence-electron chi connectivity index (χ2n) is 6.99. The topological polar surface area (TPSA) is 66.1 Å². The van der Waals surface area contributed by atoms with E-state index in [1.807, 2.05) is 10.6 Å². The van der Waals surface area contributed by atoms with E-state index >= 15 is 0 Å². The molecule has 1 fully saturated rings. The Labute approximate surface area is 166 Å². The van der Waals surface area contributed by atoms with Crippen molar-refractivity contribution < 1.29 is 4.39 Å². The standard InChI is InChI=1S/C20H19FN6S/c21-14-5-3-13(4-6-14)17-18(27-10-11-28-20(27)26-17)16-7-9-23-19(25-16)24-15-2-1-8-22-12-15/h3-6,9,15-16,22H,1-2,7-8,12H2,(H,24,25). The van der Waals surface area contributed by atoms with E-state index < -0.39 is 0 Å². The van der Waals surface area contributed by atoms with Gasteiger partial charge in [0.25, 0.3) is 0 Å². The van der Waals surface area contributed by atoms with Gasteiger partial charge in [-0.3, -0.25) is 0 Å². The minimum absolute atomic E-state index is 0.133. The van der Waals surface area contributed by atoms with E-state index in [0.717, 1.165) is 47.8 Å². The molecule has 2 aliphatic rings. The van der Waals surface area contributed by atoms with Crippen LogP contribution in [-0.2, 0) is 0 Å². The normalized spacial score (nSPS) is 22.1. The number of aliphatic imine (C=N–C) groups is 2. The van der Waals surface area contributed by atoms with Gasteiger partial charge in [0.15, 0.2) is 0 Å². The van der Waals surface area contributed by atoms with Crippen molar-refractivity contribution in [2.45, 2.75) is 31.3 Å². The van der Waals surface area contributed by atoms with E-state index in [1.165, 1.54) is 23.5 Å². The number of rotatable bonds is 3. The highest BCUT2D eigenvalue weighted by Gasteiger charge is 2.25. The molecule has 0 radical (unpaired) electrons. The fourth-order valence-electron chi connectivity index (χ4n) is 3.71. The van der Waals surface area contributed by atoms with Crippen LogP contribution in [0.25, 0.3) is 16.2 Å². The van der Waals surface area contributed by atoms with Crippen LogP contribution in [0.5, 0.6) is 0 Å². The van der Waals surface area contributed by atoms with E-state index in [-0.39, 0.29) is 11.9 Å². The Bertz CT molecular complexity index is 1030. The lowest BCUT2D eigenvalue weighted by Crippen LogP contribution is -2.45. The molecule has 1 aromatic carbocycles. The predicted molar refractivity (Wildman–Crippen MR) is 108 cm³/mol. The van der Waals surface area contributed by atoms with Crippen LogP contribution in [0, 0.1) is 17.4 Å². The minimum atomic E-state index is -0.262. The number of guanidine groups is 1. The minimum Gasteiger partial charge on any atom is -0.351 e. The van der Waals surface area contributed by atoms with Gasteiger partial charge in [-0.25, -0.2) is 23.8 Å². The lowest BCUT2D eigenvalue weighted by atomic mass is 10.0. The number of piperidine rings is 1. The van der Waals surface area contributed by atoms with Gasteiger partial charge in [-0.1, -0.05) is 0 Å². The van der Waals surface area contributed by atoms with Crippen LogP contribution < -0.4 is 10.6 Å². The zero-order valence-electron chi connectivity index (χ0n) is 15.2. The summed E-state index contributed by atoms with van der Waals surface area (Å²) in [6.45, 7) is 1.99. The molecular weight excluding hydrogens is 375 g/mol. The van der Waals surface area contributed by atoms with Crippen molar-refractivity contribution in [2.75, 3.05) is 13.1 Å². The fourth-order valence-corrected chi connectivity index (χ4v) is 4.31. The summed E-state index contributed by atoms with van der Waals surface area (Å²) in [6.07, 6.45) is 7.95. The summed E-state index contributed by atoms with van der Waals surface area (Å²) in [5.74, 6) is 0.394. The number of fused-ring (bicyclic) bond motifs is 1. The predicted octanol–water partition coefficient (Wildman–Crippen LogP) is 3.02. The van der Waals surface area contributed by atoms with Crippen molar-refractivity contribution >= 4 is 28.5 Å². The molecule has 1 saturated heterocycles. The maximum atomic E-state index is 13.4. The molecule has 28 heavy (non-hydrogen) atoms. The Morgan fingerprint density at radius 3 is 3.00 bits per heavy atom. The van der Waals surface area contributed by atoms with E-state index in [4.69, 9.17) is 9.98 Å². The SMILES string of the molecule is Fc1ccc(-c2nc3sc#cn3c2C2CC=NC(NC3CCCNC3)=N2)cc1. The summed E-state index contributed by atoms with van der Waals surface area (Å²) >= 11 is 1.40. The maximum Gasteiger partial charge on any atom is 0.218 e. The van der Waals surface area contributed by atoms with Crippen LogP contribution in [0.2, 0.25) is 0 Å². The average molecular weight is 394 g/mol. The summed E-state index contributed by atoms with van der Waals surface area (Å²) in [5.41, 5.74) is 2.61. The van der Waals surface area contributed by atoms with E-state index in [9.17, 15) is 4.39 Å². The molecule has 8 heteroatoms. The average Bonchev–Trinajstić information content (AvgIpc) is 3.31. The summed E-state index contributed by atoms with van der Waals surface area (Å²) in [5, 5.41) is 9.86. The Morgan fingerprint density at radius 2 is 2.18 bits per heavy atom. The van der Waals surface area contributed by atoms with Crippen molar-refractivity contribution in [3.63, 3.8) is 0 Å². The second kappa shape index (κ2) is 7.34. The highest BCUT2D eigenvalue weighted by Crippen LogP contribution is 2.34. The molecule has 2 aromatic heterocycles. The van der Waals surface area contributed by atoms with Gasteiger partial charge in [0.05, 0.1) is 11.4 Å². The number of hydrogen-bond acceptors (Lipinski definition) is 6. The molecule has 0 saturated carbocycles. The quantitative estimate of drug-likeness (QED) is 0.718. The first-order chi connectivity index (χ1) is 13.8. The number of hydrogen-bond donors (Lipinski definition) is 2. The van der Waals surface area contributed by atoms with Gasteiger partial charge < -0.3 is 10.6 Å². The molecule has 0 aliphatic carbocycles. The summed E-state index contributed by atoms with van der Waals surface area (Å²) < 4.78 is 15.3. The molecule has 5 rings (SSSR count). The van der Waals surface area contributed by atoms with Crippen LogP contribution in [0.15, 0.2) is 34.3 Å². The fraction of sp³-hybridized carbons (Fsp3) is 0.350. The van der Waals surface area contributed by atoms with Gasteiger partial charge in [-0.05, 0) is 55.0 Å². The Kier molecular flexibility index (Phi) is 4.55. The molecule has 142 valence electrons. The van der Waals surface area contributed by atoms with Crippen molar-refractivity contribution in [3.8, 4) is 11.3 Å². The van der Waals surface area contributed by atoms with E-state index in [1.54, 1.807) is 12.1 Å². The number of imidazole rings is 1. The van der Waals surface area contributed by atoms with Crippen molar-refractivity contribution in [1.29, 1.82) is 0 Å². The molecule has 2 unspecified atom stereocenters. The number of benzene rings is 1. The molecule has 0 bridgehead atoms. The molecule has 0 amide bonds. The van der Waals surface area contributed by atoms with Crippen LogP contribution >= 0.6 is 11.3 Å². The largest absolute Gasteiger partial charge is 0.351 e. The molecule has 0 spiro atoms.